The predicted molar refractivity (Wildman–Crippen MR) is 130 cm³/mol. The fourth-order valence-corrected chi connectivity index (χ4v) is 6.34. The van der Waals surface area contributed by atoms with E-state index in [1.807, 2.05) is 55.5 Å². The molecule has 0 unspecified atom stereocenters. The molecule has 170 valence electrons. The molecule has 3 aromatic heterocycles. The van der Waals surface area contributed by atoms with E-state index in [2.05, 4.69) is 15.2 Å². The standard InChI is InChI=1S/C25H22N6O2S/c1-17-8-9-19(16-22(17)34(32,33)30-14-4-5-15-30)23-20-6-2-3-7-21(20)25-28-27-24(31(25)29-23)18-10-12-26-13-11-18/h2-3,6-13,16H,4-5,14-15H2,1H3. The van der Waals surface area contributed by atoms with Crippen molar-refractivity contribution in [1.82, 2.24) is 29.1 Å². The SMILES string of the molecule is Cc1ccc(-c2nn3c(-c4ccncc4)nnc3c3ccccc23)cc1S(=O)(=O)N1CCCC1. The van der Waals surface area contributed by atoms with Crippen LogP contribution in [0.4, 0.5) is 0 Å². The van der Waals surface area contributed by atoms with Gasteiger partial charge in [0.1, 0.15) is 0 Å². The van der Waals surface area contributed by atoms with Gasteiger partial charge in [-0.2, -0.15) is 13.9 Å². The van der Waals surface area contributed by atoms with Crippen molar-refractivity contribution >= 4 is 26.4 Å². The van der Waals surface area contributed by atoms with Crippen LogP contribution in [0.5, 0.6) is 0 Å². The molecule has 0 N–H and O–H groups in total. The first kappa shape index (κ1) is 20.9. The van der Waals surface area contributed by atoms with E-state index in [1.54, 1.807) is 27.3 Å². The highest BCUT2D eigenvalue weighted by Crippen LogP contribution is 2.33. The van der Waals surface area contributed by atoms with E-state index in [0.717, 1.165) is 40.3 Å². The van der Waals surface area contributed by atoms with Crippen LogP contribution in [-0.2, 0) is 10.0 Å². The van der Waals surface area contributed by atoms with Crippen LogP contribution in [0.15, 0.2) is 71.9 Å². The van der Waals surface area contributed by atoms with E-state index >= 15 is 0 Å². The second kappa shape index (κ2) is 7.96. The molecule has 8 nitrogen and oxygen atoms in total. The Hall–Kier alpha value is -3.69. The number of sulfonamides is 1. The maximum atomic E-state index is 13.4. The largest absolute Gasteiger partial charge is 0.265 e. The number of aryl methyl sites for hydroxylation is 1. The van der Waals surface area contributed by atoms with E-state index in [-0.39, 0.29) is 0 Å². The molecule has 1 aliphatic heterocycles. The summed E-state index contributed by atoms with van der Waals surface area (Å²) < 4.78 is 30.1. The minimum absolute atomic E-state index is 0.330. The number of hydrogen-bond acceptors (Lipinski definition) is 6. The van der Waals surface area contributed by atoms with Crippen molar-refractivity contribution in [2.24, 2.45) is 0 Å². The third-order valence-corrected chi connectivity index (χ3v) is 8.39. The Bertz CT molecular complexity index is 1640. The monoisotopic (exact) mass is 470 g/mol. The molecule has 9 heteroatoms. The topological polar surface area (TPSA) is 93.3 Å². The molecular formula is C25H22N6O2S. The lowest BCUT2D eigenvalue weighted by atomic mass is 10.0. The highest BCUT2D eigenvalue weighted by molar-refractivity contribution is 7.89. The molecule has 0 radical (unpaired) electrons. The second-order valence-corrected chi connectivity index (χ2v) is 10.4. The molecule has 0 spiro atoms. The van der Waals surface area contributed by atoms with E-state index in [4.69, 9.17) is 5.10 Å². The van der Waals surface area contributed by atoms with Gasteiger partial charge in [-0.1, -0.05) is 36.4 Å². The summed E-state index contributed by atoms with van der Waals surface area (Å²) in [5.41, 5.74) is 3.62. The lowest BCUT2D eigenvalue weighted by Crippen LogP contribution is -2.28. The third-order valence-electron chi connectivity index (χ3n) is 6.35. The summed E-state index contributed by atoms with van der Waals surface area (Å²) in [4.78, 5) is 4.41. The Morgan fingerprint density at radius 1 is 0.853 bits per heavy atom. The maximum Gasteiger partial charge on any atom is 0.243 e. The van der Waals surface area contributed by atoms with E-state index in [9.17, 15) is 8.42 Å². The summed E-state index contributed by atoms with van der Waals surface area (Å²) >= 11 is 0. The quantitative estimate of drug-likeness (QED) is 0.393. The third kappa shape index (κ3) is 3.27. The summed E-state index contributed by atoms with van der Waals surface area (Å²) in [6.45, 7) is 2.97. The Morgan fingerprint density at radius 2 is 1.59 bits per heavy atom. The highest BCUT2D eigenvalue weighted by atomic mass is 32.2. The number of benzene rings is 2. The smallest absolute Gasteiger partial charge is 0.243 e. The normalized spacial score (nSPS) is 14.9. The fourth-order valence-electron chi connectivity index (χ4n) is 4.57. The van der Waals surface area contributed by atoms with Crippen LogP contribution in [-0.4, -0.2) is 50.6 Å². The zero-order valence-electron chi connectivity index (χ0n) is 18.6. The molecule has 34 heavy (non-hydrogen) atoms. The fraction of sp³-hybridized carbons (Fsp3) is 0.200. The van der Waals surface area contributed by atoms with Gasteiger partial charge in [0, 0.05) is 47.4 Å². The summed E-state index contributed by atoms with van der Waals surface area (Å²) in [6, 6.07) is 17.1. The van der Waals surface area contributed by atoms with Crippen LogP contribution in [0.2, 0.25) is 0 Å². The molecule has 0 amide bonds. The van der Waals surface area contributed by atoms with Gasteiger partial charge < -0.3 is 0 Å². The molecule has 0 saturated carbocycles. The maximum absolute atomic E-state index is 13.4. The average Bonchev–Trinajstić information content (AvgIpc) is 3.55. The number of pyridine rings is 1. The molecule has 0 bridgehead atoms. The van der Waals surface area contributed by atoms with Gasteiger partial charge in [0.15, 0.2) is 11.5 Å². The number of fused-ring (bicyclic) bond motifs is 3. The van der Waals surface area contributed by atoms with Crippen LogP contribution in [0, 0.1) is 6.92 Å². The highest BCUT2D eigenvalue weighted by Gasteiger charge is 2.29. The zero-order valence-corrected chi connectivity index (χ0v) is 19.4. The van der Waals surface area contributed by atoms with Crippen LogP contribution in [0.1, 0.15) is 18.4 Å². The van der Waals surface area contributed by atoms with Crippen molar-refractivity contribution in [3.63, 3.8) is 0 Å². The Kier molecular flexibility index (Phi) is 4.89. The lowest BCUT2D eigenvalue weighted by Gasteiger charge is -2.18. The van der Waals surface area contributed by atoms with Crippen molar-refractivity contribution in [3.8, 4) is 22.6 Å². The average molecular weight is 471 g/mol. The van der Waals surface area contributed by atoms with E-state index in [0.29, 0.717) is 35.2 Å². The minimum atomic E-state index is -3.57. The molecule has 2 aromatic carbocycles. The summed E-state index contributed by atoms with van der Waals surface area (Å²) in [5, 5.41) is 15.5. The summed E-state index contributed by atoms with van der Waals surface area (Å²) in [7, 11) is -3.57. The van der Waals surface area contributed by atoms with Gasteiger partial charge >= 0.3 is 0 Å². The van der Waals surface area contributed by atoms with Crippen LogP contribution >= 0.6 is 0 Å². The Labute approximate surface area is 197 Å². The zero-order chi connectivity index (χ0) is 23.3. The Morgan fingerprint density at radius 3 is 2.35 bits per heavy atom. The van der Waals surface area contributed by atoms with Crippen molar-refractivity contribution in [2.45, 2.75) is 24.7 Å². The van der Waals surface area contributed by atoms with Gasteiger partial charge in [-0.05, 0) is 43.5 Å². The van der Waals surface area contributed by atoms with Crippen molar-refractivity contribution in [3.05, 3.63) is 72.6 Å². The number of aromatic nitrogens is 5. The summed E-state index contributed by atoms with van der Waals surface area (Å²) in [5.74, 6) is 0.599. The second-order valence-electron chi connectivity index (χ2n) is 8.48. The van der Waals surface area contributed by atoms with Gasteiger partial charge in [-0.25, -0.2) is 8.42 Å². The first-order valence-corrected chi connectivity index (χ1v) is 12.6. The predicted octanol–water partition coefficient (Wildman–Crippen LogP) is 4.10. The molecule has 0 aliphatic carbocycles. The number of hydrogen-bond donors (Lipinski definition) is 0. The lowest BCUT2D eigenvalue weighted by molar-refractivity contribution is 0.477. The van der Waals surface area contributed by atoms with Gasteiger partial charge in [-0.15, -0.1) is 10.2 Å². The van der Waals surface area contributed by atoms with Crippen LogP contribution in [0.25, 0.3) is 39.1 Å². The molecule has 0 atom stereocenters. The van der Waals surface area contributed by atoms with Gasteiger partial charge in [-0.3, -0.25) is 4.98 Å². The molecule has 1 fully saturated rings. The molecular weight excluding hydrogens is 448 g/mol. The number of nitrogens with zero attached hydrogens (tertiary/aromatic N) is 6. The van der Waals surface area contributed by atoms with Crippen LogP contribution in [0.3, 0.4) is 0 Å². The Balaban J connectivity index is 1.60. The molecule has 6 rings (SSSR count). The van der Waals surface area contributed by atoms with Gasteiger partial charge in [0.05, 0.1) is 10.6 Å². The van der Waals surface area contributed by atoms with Crippen molar-refractivity contribution < 1.29 is 8.42 Å². The van der Waals surface area contributed by atoms with Crippen molar-refractivity contribution in [1.29, 1.82) is 0 Å². The van der Waals surface area contributed by atoms with Gasteiger partial charge in [0.2, 0.25) is 10.0 Å². The molecule has 1 aliphatic rings. The first-order chi connectivity index (χ1) is 16.5. The van der Waals surface area contributed by atoms with Crippen molar-refractivity contribution in [2.75, 3.05) is 13.1 Å². The minimum Gasteiger partial charge on any atom is -0.265 e. The van der Waals surface area contributed by atoms with Gasteiger partial charge in [0.25, 0.3) is 0 Å². The first-order valence-electron chi connectivity index (χ1n) is 11.2. The molecule has 4 heterocycles. The summed E-state index contributed by atoms with van der Waals surface area (Å²) in [6.07, 6.45) is 5.19. The van der Waals surface area contributed by atoms with Crippen LogP contribution < -0.4 is 0 Å². The number of rotatable bonds is 4. The molecule has 5 aromatic rings. The van der Waals surface area contributed by atoms with E-state index in [1.165, 1.54) is 0 Å². The molecule has 1 saturated heterocycles. The van der Waals surface area contributed by atoms with E-state index < -0.39 is 10.0 Å².